The molecule has 1 unspecified atom stereocenters. The van der Waals surface area contributed by atoms with Crippen molar-refractivity contribution in [3.05, 3.63) is 48.3 Å². The summed E-state index contributed by atoms with van der Waals surface area (Å²) < 4.78 is 0. The molecule has 2 aromatic rings. The van der Waals surface area contributed by atoms with Crippen molar-refractivity contribution in [1.82, 2.24) is 15.2 Å². The van der Waals surface area contributed by atoms with E-state index >= 15 is 0 Å². The molecule has 4 rings (SSSR count). The molecule has 0 amide bonds. The first-order valence-electron chi connectivity index (χ1n) is 8.69. The molecule has 130 valence electrons. The van der Waals surface area contributed by atoms with Crippen LogP contribution in [-0.4, -0.2) is 46.5 Å². The summed E-state index contributed by atoms with van der Waals surface area (Å²) in [7, 11) is 0. The van der Waals surface area contributed by atoms with Gasteiger partial charge in [0.05, 0.1) is 12.2 Å². The lowest BCUT2D eigenvalue weighted by Crippen LogP contribution is -2.47. The topological polar surface area (TPSA) is 89.7 Å². The number of aromatic amines is 1. The predicted octanol–water partition coefficient (Wildman–Crippen LogP) is 2.11. The summed E-state index contributed by atoms with van der Waals surface area (Å²) in [6.45, 7) is 2.65. The van der Waals surface area contributed by atoms with Gasteiger partial charge in [0.15, 0.2) is 0 Å². The number of nitrogens with zero attached hydrogens (tertiary/aromatic N) is 2. The van der Waals surface area contributed by atoms with Crippen LogP contribution in [0.25, 0.3) is 17.0 Å². The lowest BCUT2D eigenvalue weighted by Gasteiger charge is -2.35. The van der Waals surface area contributed by atoms with Crippen LogP contribution in [-0.2, 0) is 0 Å². The predicted molar refractivity (Wildman–Crippen MR) is 100 cm³/mol. The Morgan fingerprint density at radius 2 is 2.20 bits per heavy atom. The van der Waals surface area contributed by atoms with Crippen LogP contribution >= 0.6 is 0 Å². The van der Waals surface area contributed by atoms with E-state index < -0.39 is 0 Å². The number of amidine groups is 1. The highest BCUT2D eigenvalue weighted by atomic mass is 16.3. The molecule has 0 aliphatic carbocycles. The van der Waals surface area contributed by atoms with Crippen molar-refractivity contribution >= 4 is 11.5 Å². The van der Waals surface area contributed by atoms with Crippen molar-refractivity contribution in [3.63, 3.8) is 0 Å². The van der Waals surface area contributed by atoms with E-state index in [2.05, 4.69) is 20.2 Å². The van der Waals surface area contributed by atoms with Crippen LogP contribution in [0, 0.1) is 0 Å². The van der Waals surface area contributed by atoms with E-state index in [1.54, 1.807) is 6.07 Å². The number of aromatic nitrogens is 1. The third-order valence-corrected chi connectivity index (χ3v) is 4.82. The maximum Gasteiger partial charge on any atom is 0.125 e. The van der Waals surface area contributed by atoms with Gasteiger partial charge in [-0.05, 0) is 55.3 Å². The van der Waals surface area contributed by atoms with Gasteiger partial charge in [-0.15, -0.1) is 0 Å². The van der Waals surface area contributed by atoms with Crippen LogP contribution in [0.3, 0.4) is 0 Å². The fourth-order valence-electron chi connectivity index (χ4n) is 3.51. The van der Waals surface area contributed by atoms with Crippen LogP contribution in [0.1, 0.15) is 18.4 Å². The number of H-pyrrole nitrogens is 1. The van der Waals surface area contributed by atoms with Gasteiger partial charge in [-0.2, -0.15) is 0 Å². The second-order valence-electron chi connectivity index (χ2n) is 6.61. The number of aliphatic imine (C=N–C) groups is 1. The molecule has 25 heavy (non-hydrogen) atoms. The first-order valence-corrected chi connectivity index (χ1v) is 8.69. The van der Waals surface area contributed by atoms with Crippen LogP contribution in [0.2, 0.25) is 0 Å². The standard InChI is InChI=1S/C19H23N5O/c20-19-12-24(14-3-1-7-21-10-14)11-17(23-19)15-9-13(5-6-18(15)25)16-4-2-8-22-16/h2,4-6,8-9,11,14,21-22,25H,1,3,7,10,12H2,(H2,20,23). The van der Waals surface area contributed by atoms with Gasteiger partial charge in [-0.25, -0.2) is 4.99 Å². The minimum absolute atomic E-state index is 0.210. The Labute approximate surface area is 147 Å². The van der Waals surface area contributed by atoms with Gasteiger partial charge in [0.1, 0.15) is 11.6 Å². The van der Waals surface area contributed by atoms with Crippen molar-refractivity contribution in [1.29, 1.82) is 0 Å². The summed E-state index contributed by atoms with van der Waals surface area (Å²) >= 11 is 0. The number of nitrogens with two attached hydrogens (primary N) is 1. The Kier molecular flexibility index (Phi) is 4.19. The molecule has 1 aromatic carbocycles. The van der Waals surface area contributed by atoms with Gasteiger partial charge >= 0.3 is 0 Å². The largest absolute Gasteiger partial charge is 0.507 e. The molecule has 2 aliphatic rings. The van der Waals surface area contributed by atoms with E-state index in [1.165, 1.54) is 0 Å². The fourth-order valence-corrected chi connectivity index (χ4v) is 3.51. The molecule has 0 bridgehead atoms. The van der Waals surface area contributed by atoms with E-state index in [4.69, 9.17) is 5.73 Å². The second-order valence-corrected chi connectivity index (χ2v) is 6.61. The lowest BCUT2D eigenvalue weighted by molar-refractivity contribution is 0.252. The minimum Gasteiger partial charge on any atom is -0.507 e. The summed E-state index contributed by atoms with van der Waals surface area (Å²) in [6, 6.07) is 9.92. The first kappa shape index (κ1) is 15.8. The van der Waals surface area contributed by atoms with Crippen molar-refractivity contribution < 1.29 is 5.11 Å². The van der Waals surface area contributed by atoms with Crippen LogP contribution in [0.4, 0.5) is 0 Å². The molecule has 6 nitrogen and oxygen atoms in total. The molecule has 2 aliphatic heterocycles. The Balaban J connectivity index is 1.69. The number of piperidine rings is 1. The highest BCUT2D eigenvalue weighted by Crippen LogP contribution is 2.32. The Bertz CT molecular complexity index is 803. The second kappa shape index (κ2) is 6.64. The third-order valence-electron chi connectivity index (χ3n) is 4.82. The average Bonchev–Trinajstić information content (AvgIpc) is 3.17. The maximum atomic E-state index is 10.4. The van der Waals surface area contributed by atoms with Gasteiger partial charge in [-0.1, -0.05) is 0 Å². The number of nitrogens with one attached hydrogen (secondary N) is 2. The summed E-state index contributed by atoms with van der Waals surface area (Å²) in [4.78, 5) is 9.94. The highest BCUT2D eigenvalue weighted by molar-refractivity contribution is 5.91. The van der Waals surface area contributed by atoms with E-state index in [0.29, 0.717) is 29.7 Å². The monoisotopic (exact) mass is 337 g/mol. The first-order chi connectivity index (χ1) is 12.2. The van der Waals surface area contributed by atoms with Crippen molar-refractivity contribution in [2.24, 2.45) is 10.7 Å². The zero-order chi connectivity index (χ0) is 17.2. The Hall–Kier alpha value is -2.73. The molecule has 1 atom stereocenters. The van der Waals surface area contributed by atoms with Crippen molar-refractivity contribution in [3.8, 4) is 17.0 Å². The molecule has 5 N–H and O–H groups in total. The van der Waals surface area contributed by atoms with Gasteiger partial charge < -0.3 is 26.0 Å². The third kappa shape index (κ3) is 3.25. The molecular weight excluding hydrogens is 314 g/mol. The minimum atomic E-state index is 0.210. The molecule has 1 aromatic heterocycles. The zero-order valence-corrected chi connectivity index (χ0v) is 14.1. The maximum absolute atomic E-state index is 10.4. The summed E-state index contributed by atoms with van der Waals surface area (Å²) in [6.07, 6.45) is 6.21. The van der Waals surface area contributed by atoms with Gasteiger partial charge in [0.25, 0.3) is 0 Å². The summed E-state index contributed by atoms with van der Waals surface area (Å²) in [5, 5.41) is 13.8. The average molecular weight is 337 g/mol. The number of rotatable bonds is 3. The summed E-state index contributed by atoms with van der Waals surface area (Å²) in [5.41, 5.74) is 9.51. The summed E-state index contributed by atoms with van der Waals surface area (Å²) in [5.74, 6) is 0.787. The molecule has 0 saturated carbocycles. The van der Waals surface area contributed by atoms with Crippen LogP contribution in [0.5, 0.6) is 5.75 Å². The quantitative estimate of drug-likeness (QED) is 0.690. The van der Waals surface area contributed by atoms with Crippen LogP contribution in [0.15, 0.2) is 47.7 Å². The molecule has 0 radical (unpaired) electrons. The molecular formula is C19H23N5O. The van der Waals surface area contributed by atoms with E-state index in [-0.39, 0.29) is 5.75 Å². The fraction of sp³-hybridized carbons (Fsp3) is 0.316. The molecule has 6 heteroatoms. The van der Waals surface area contributed by atoms with Gasteiger partial charge in [-0.3, -0.25) is 0 Å². The Morgan fingerprint density at radius 1 is 1.28 bits per heavy atom. The molecule has 3 heterocycles. The SMILES string of the molecule is NC1=NC(c2cc(-c3ccc[nH]3)ccc2O)=CN(C2CCCNC2)C1. The van der Waals surface area contributed by atoms with Gasteiger partial charge in [0, 0.05) is 36.2 Å². The van der Waals surface area contributed by atoms with Crippen molar-refractivity contribution in [2.75, 3.05) is 19.6 Å². The van der Waals surface area contributed by atoms with E-state index in [1.807, 2.05) is 36.7 Å². The van der Waals surface area contributed by atoms with Crippen molar-refractivity contribution in [2.45, 2.75) is 18.9 Å². The normalized spacial score (nSPS) is 21.0. The molecule has 1 saturated heterocycles. The number of benzene rings is 1. The highest BCUT2D eigenvalue weighted by Gasteiger charge is 2.23. The smallest absolute Gasteiger partial charge is 0.125 e. The Morgan fingerprint density at radius 3 is 2.96 bits per heavy atom. The molecule has 0 spiro atoms. The molecule has 1 fully saturated rings. The number of aromatic hydroxyl groups is 1. The van der Waals surface area contributed by atoms with Crippen LogP contribution < -0.4 is 11.1 Å². The van der Waals surface area contributed by atoms with E-state index in [9.17, 15) is 5.11 Å². The van der Waals surface area contributed by atoms with E-state index in [0.717, 1.165) is 37.2 Å². The number of hydrogen-bond donors (Lipinski definition) is 4. The number of hydrogen-bond acceptors (Lipinski definition) is 5. The lowest BCUT2D eigenvalue weighted by atomic mass is 10.0. The van der Waals surface area contributed by atoms with Gasteiger partial charge in [0.2, 0.25) is 0 Å². The zero-order valence-electron chi connectivity index (χ0n) is 14.1. The number of phenolic OH excluding ortho intramolecular Hbond substituents is 1. The number of phenols is 1.